The van der Waals surface area contributed by atoms with Gasteiger partial charge in [0.05, 0.1) is 18.1 Å². The van der Waals surface area contributed by atoms with Crippen LogP contribution in [0.2, 0.25) is 0 Å². The van der Waals surface area contributed by atoms with Gasteiger partial charge in [-0.1, -0.05) is 12.1 Å². The Bertz CT molecular complexity index is 1120. The number of para-hydroxylation sites is 2. The lowest BCUT2D eigenvalue weighted by molar-refractivity contribution is 0.371. The summed E-state index contributed by atoms with van der Waals surface area (Å²) in [5.74, 6) is 0.332. The van der Waals surface area contributed by atoms with E-state index in [0.29, 0.717) is 13.1 Å². The number of imidazole rings is 1. The number of ether oxygens (including phenoxy) is 1. The Balaban J connectivity index is 1.57. The largest absolute Gasteiger partial charge is 0.495 e. The fourth-order valence-electron chi connectivity index (χ4n) is 3.54. The number of sulfonamides is 1. The first-order valence-electron chi connectivity index (χ1n) is 8.92. The van der Waals surface area contributed by atoms with Crippen molar-refractivity contribution in [2.24, 2.45) is 7.05 Å². The summed E-state index contributed by atoms with van der Waals surface area (Å²) in [4.78, 5) is 6.59. The van der Waals surface area contributed by atoms with Crippen molar-refractivity contribution in [3.05, 3.63) is 48.3 Å². The number of fused-ring (bicyclic) bond motifs is 1. The Morgan fingerprint density at radius 2 is 1.79 bits per heavy atom. The van der Waals surface area contributed by atoms with Crippen LogP contribution >= 0.6 is 0 Å². The molecular weight excluding hydrogens is 383 g/mol. The maximum absolute atomic E-state index is 13.7. The molecule has 0 amide bonds. The molecule has 2 aromatic carbocycles. The molecule has 4 rings (SSSR count). The Kier molecular flexibility index (Phi) is 4.72. The lowest BCUT2D eigenvalue weighted by atomic mass is 10.3. The van der Waals surface area contributed by atoms with E-state index in [1.165, 1.54) is 23.5 Å². The minimum absolute atomic E-state index is 0.138. The van der Waals surface area contributed by atoms with Gasteiger partial charge in [0.2, 0.25) is 16.0 Å². The van der Waals surface area contributed by atoms with Crippen molar-refractivity contribution in [3.8, 4) is 5.75 Å². The molecule has 0 N–H and O–H groups in total. The number of benzene rings is 2. The number of methoxy groups -OCH3 is 1. The van der Waals surface area contributed by atoms with Gasteiger partial charge in [-0.15, -0.1) is 0 Å². The number of hydrogen-bond donors (Lipinski definition) is 0. The first-order chi connectivity index (χ1) is 13.4. The summed E-state index contributed by atoms with van der Waals surface area (Å²) >= 11 is 0. The minimum atomic E-state index is -3.85. The highest BCUT2D eigenvalue weighted by molar-refractivity contribution is 7.89. The van der Waals surface area contributed by atoms with E-state index in [0.717, 1.165) is 23.0 Å². The summed E-state index contributed by atoms with van der Waals surface area (Å²) in [6.07, 6.45) is 0. The molecule has 1 aliphatic rings. The van der Waals surface area contributed by atoms with E-state index in [9.17, 15) is 12.8 Å². The lowest BCUT2D eigenvalue weighted by Gasteiger charge is -2.34. The number of halogens is 1. The molecule has 0 spiro atoms. The highest BCUT2D eigenvalue weighted by Crippen LogP contribution is 2.29. The third-order valence-electron chi connectivity index (χ3n) is 5.03. The van der Waals surface area contributed by atoms with Crippen LogP contribution in [0.4, 0.5) is 10.3 Å². The molecule has 1 aliphatic heterocycles. The molecule has 1 saturated heterocycles. The second-order valence-electron chi connectivity index (χ2n) is 6.65. The van der Waals surface area contributed by atoms with Crippen LogP contribution in [0.5, 0.6) is 5.75 Å². The van der Waals surface area contributed by atoms with Gasteiger partial charge in [0.25, 0.3) is 0 Å². The predicted octanol–water partition coefficient (Wildman–Crippen LogP) is 2.23. The molecule has 3 aromatic rings. The molecular formula is C19H21FN4O3S. The highest BCUT2D eigenvalue weighted by Gasteiger charge is 2.32. The fourth-order valence-corrected chi connectivity index (χ4v) is 5.12. The molecule has 7 nitrogen and oxygen atoms in total. The van der Waals surface area contributed by atoms with Crippen molar-refractivity contribution in [1.82, 2.24) is 13.9 Å². The van der Waals surface area contributed by atoms with Crippen LogP contribution in [0.3, 0.4) is 0 Å². The van der Waals surface area contributed by atoms with E-state index >= 15 is 0 Å². The summed E-state index contributed by atoms with van der Waals surface area (Å²) in [5, 5.41) is 0. The zero-order valence-corrected chi connectivity index (χ0v) is 16.5. The normalized spacial score (nSPS) is 15.9. The van der Waals surface area contributed by atoms with Crippen LogP contribution in [0, 0.1) is 5.82 Å². The molecule has 1 aromatic heterocycles. The molecule has 0 aliphatic carbocycles. The Hall–Kier alpha value is -2.65. The van der Waals surface area contributed by atoms with Crippen molar-refractivity contribution in [2.45, 2.75) is 4.90 Å². The van der Waals surface area contributed by atoms with Gasteiger partial charge in [-0.05, 0) is 30.3 Å². The van der Waals surface area contributed by atoms with E-state index in [1.54, 1.807) is 0 Å². The van der Waals surface area contributed by atoms with Crippen LogP contribution in [-0.4, -0.2) is 55.6 Å². The number of rotatable bonds is 4. The highest BCUT2D eigenvalue weighted by atomic mass is 32.2. The predicted molar refractivity (Wildman–Crippen MR) is 105 cm³/mol. The van der Waals surface area contributed by atoms with Crippen LogP contribution < -0.4 is 9.64 Å². The topological polar surface area (TPSA) is 67.7 Å². The third kappa shape index (κ3) is 3.10. The first kappa shape index (κ1) is 18.7. The number of piperazine rings is 1. The van der Waals surface area contributed by atoms with E-state index in [2.05, 4.69) is 9.88 Å². The minimum Gasteiger partial charge on any atom is -0.495 e. The maximum Gasteiger partial charge on any atom is 0.246 e. The van der Waals surface area contributed by atoms with Gasteiger partial charge in [-0.2, -0.15) is 4.31 Å². The van der Waals surface area contributed by atoms with E-state index in [4.69, 9.17) is 4.74 Å². The quantitative estimate of drug-likeness (QED) is 0.667. The van der Waals surface area contributed by atoms with Crippen molar-refractivity contribution in [1.29, 1.82) is 0 Å². The van der Waals surface area contributed by atoms with Crippen molar-refractivity contribution < 1.29 is 17.5 Å². The van der Waals surface area contributed by atoms with Gasteiger partial charge in [0.15, 0.2) is 0 Å². The molecule has 148 valence electrons. The molecule has 0 atom stereocenters. The Morgan fingerprint density at radius 1 is 1.07 bits per heavy atom. The maximum atomic E-state index is 13.7. The molecule has 0 bridgehead atoms. The van der Waals surface area contributed by atoms with Crippen molar-refractivity contribution in [2.75, 3.05) is 38.2 Å². The van der Waals surface area contributed by atoms with Gasteiger partial charge in [-0.3, -0.25) is 0 Å². The smallest absolute Gasteiger partial charge is 0.246 e. The van der Waals surface area contributed by atoms with Gasteiger partial charge in [-0.25, -0.2) is 17.8 Å². The average Bonchev–Trinajstić information content (AvgIpc) is 3.05. The summed E-state index contributed by atoms with van der Waals surface area (Å²) in [6, 6.07) is 11.4. The number of anilines is 1. The summed E-state index contributed by atoms with van der Waals surface area (Å²) in [5.41, 5.74) is 1.93. The Labute approximate surface area is 163 Å². The zero-order chi connectivity index (χ0) is 19.9. The Morgan fingerprint density at radius 3 is 2.46 bits per heavy atom. The van der Waals surface area contributed by atoms with Gasteiger partial charge in [0.1, 0.15) is 16.5 Å². The third-order valence-corrected chi connectivity index (χ3v) is 6.95. The molecule has 9 heteroatoms. The summed E-state index contributed by atoms with van der Waals surface area (Å²) in [6.45, 7) is 1.55. The molecule has 0 unspecified atom stereocenters. The fraction of sp³-hybridized carbons (Fsp3) is 0.316. The SMILES string of the molecule is COc1ccc(F)cc1S(=O)(=O)N1CCN(c2nc3ccccc3n2C)CC1. The van der Waals surface area contributed by atoms with Crippen molar-refractivity contribution in [3.63, 3.8) is 0 Å². The standard InChI is InChI=1S/C19H21FN4O3S/c1-22-16-6-4-3-5-15(16)21-19(22)23-9-11-24(12-10-23)28(25,26)18-13-14(20)7-8-17(18)27-2/h3-8,13H,9-12H2,1-2H3. The molecule has 2 heterocycles. The van der Waals surface area contributed by atoms with Crippen molar-refractivity contribution >= 4 is 27.0 Å². The number of hydrogen-bond acceptors (Lipinski definition) is 5. The monoisotopic (exact) mass is 404 g/mol. The van der Waals surface area contributed by atoms with Crippen LogP contribution in [-0.2, 0) is 17.1 Å². The van der Waals surface area contributed by atoms with Gasteiger partial charge in [0, 0.05) is 33.2 Å². The van der Waals surface area contributed by atoms with E-state index in [-0.39, 0.29) is 23.7 Å². The van der Waals surface area contributed by atoms with Crippen LogP contribution in [0.15, 0.2) is 47.4 Å². The second-order valence-corrected chi connectivity index (χ2v) is 8.55. The lowest BCUT2D eigenvalue weighted by Crippen LogP contribution is -2.49. The summed E-state index contributed by atoms with van der Waals surface area (Å²) < 4.78 is 48.2. The molecule has 0 radical (unpaired) electrons. The zero-order valence-electron chi connectivity index (χ0n) is 15.7. The molecule has 0 saturated carbocycles. The molecule has 1 fully saturated rings. The number of aryl methyl sites for hydroxylation is 1. The van der Waals surface area contributed by atoms with E-state index in [1.807, 2.05) is 35.9 Å². The number of aromatic nitrogens is 2. The van der Waals surface area contributed by atoms with Crippen LogP contribution in [0.1, 0.15) is 0 Å². The first-order valence-corrected chi connectivity index (χ1v) is 10.4. The van der Waals surface area contributed by atoms with E-state index < -0.39 is 15.8 Å². The number of nitrogens with zero attached hydrogens (tertiary/aromatic N) is 4. The average molecular weight is 404 g/mol. The van der Waals surface area contributed by atoms with Gasteiger partial charge >= 0.3 is 0 Å². The summed E-state index contributed by atoms with van der Waals surface area (Å²) in [7, 11) is -0.532. The van der Waals surface area contributed by atoms with Crippen LogP contribution in [0.25, 0.3) is 11.0 Å². The molecule has 28 heavy (non-hydrogen) atoms. The second kappa shape index (κ2) is 7.06. The van der Waals surface area contributed by atoms with Gasteiger partial charge < -0.3 is 14.2 Å².